The molecule has 1 N–H and O–H groups in total. The Bertz CT molecular complexity index is 1170. The lowest BCUT2D eigenvalue weighted by Gasteiger charge is -2.34. The van der Waals surface area contributed by atoms with Gasteiger partial charge in [-0.2, -0.15) is 13.2 Å². The molecule has 5 rings (SSSR count). The molecule has 10 heteroatoms. The second-order valence-corrected chi connectivity index (χ2v) is 8.52. The number of piperidine rings is 1. The van der Waals surface area contributed by atoms with Crippen molar-refractivity contribution in [1.29, 1.82) is 0 Å². The molecule has 3 aromatic rings. The van der Waals surface area contributed by atoms with E-state index >= 15 is 0 Å². The number of hydrogen-bond donors (Lipinski definition) is 1. The largest absolute Gasteiger partial charge is 0.434 e. The van der Waals surface area contributed by atoms with Gasteiger partial charge in [-0.25, -0.2) is 9.97 Å². The first-order valence-corrected chi connectivity index (χ1v) is 10.6. The number of fused-ring (bicyclic) bond motifs is 2. The zero-order chi connectivity index (χ0) is 23.2. The average molecular weight is 454 g/mol. The van der Waals surface area contributed by atoms with Gasteiger partial charge in [0.05, 0.1) is 29.7 Å². The Labute approximate surface area is 188 Å². The number of amides is 1. The lowest BCUT2D eigenvalue weighted by molar-refractivity contribution is -0.141. The third-order valence-electron chi connectivity index (χ3n) is 6.18. The predicted molar refractivity (Wildman–Crippen MR) is 114 cm³/mol. The summed E-state index contributed by atoms with van der Waals surface area (Å²) in [5.41, 5.74) is 1.49. The number of hydrogen-bond acceptors (Lipinski definition) is 6. The van der Waals surface area contributed by atoms with E-state index in [0.29, 0.717) is 29.4 Å². The Kier molecular flexibility index (Phi) is 5.22. The van der Waals surface area contributed by atoms with E-state index in [1.165, 1.54) is 0 Å². The first kappa shape index (κ1) is 21.3. The van der Waals surface area contributed by atoms with Gasteiger partial charge in [-0.1, -0.05) is 6.07 Å². The molecule has 1 saturated heterocycles. The van der Waals surface area contributed by atoms with Crippen molar-refractivity contribution < 1.29 is 18.0 Å². The fraction of sp³-hybridized carbons (Fsp3) is 0.348. The van der Waals surface area contributed by atoms with Crippen LogP contribution in [0.5, 0.6) is 0 Å². The maximum absolute atomic E-state index is 13.6. The summed E-state index contributed by atoms with van der Waals surface area (Å²) in [7, 11) is 0. The number of nitrogens with one attached hydrogen (secondary N) is 1. The smallest absolute Gasteiger partial charge is 0.364 e. The van der Waals surface area contributed by atoms with E-state index in [9.17, 15) is 18.0 Å². The highest BCUT2D eigenvalue weighted by Gasteiger charge is 2.47. The lowest BCUT2D eigenvalue weighted by atomic mass is 10.0. The van der Waals surface area contributed by atoms with Crippen LogP contribution < -0.4 is 5.32 Å². The quantitative estimate of drug-likeness (QED) is 0.642. The van der Waals surface area contributed by atoms with Crippen LogP contribution in [0.1, 0.15) is 34.5 Å². The van der Waals surface area contributed by atoms with Gasteiger partial charge >= 0.3 is 6.18 Å². The number of alkyl halides is 3. The van der Waals surface area contributed by atoms with Crippen molar-refractivity contribution in [3.63, 3.8) is 0 Å². The molecule has 1 aliphatic carbocycles. The van der Waals surface area contributed by atoms with Crippen LogP contribution in [0.4, 0.5) is 19.0 Å². The molecule has 4 heterocycles. The standard InChI is InChI=1S/C23H21F3N6O/c1-13-6-15(21(30-9-13)16-4-2-3-5-27-16)22(33)32-12-14-7-17(18(32)8-14)31-20-11-28-19(10-29-20)23(24,25)26/h2-6,9-11,14,17-18H,7-8,12H2,1H3,(H,29,31)/t14-,17+,18-/m0/s1. The first-order valence-electron chi connectivity index (χ1n) is 10.6. The number of halogens is 3. The molecule has 170 valence electrons. The number of anilines is 1. The summed E-state index contributed by atoms with van der Waals surface area (Å²) >= 11 is 0. The van der Waals surface area contributed by atoms with Crippen LogP contribution in [0.15, 0.2) is 49.1 Å². The second kappa shape index (κ2) is 8.09. The molecule has 33 heavy (non-hydrogen) atoms. The van der Waals surface area contributed by atoms with E-state index in [0.717, 1.165) is 30.8 Å². The van der Waals surface area contributed by atoms with Crippen molar-refractivity contribution in [1.82, 2.24) is 24.8 Å². The van der Waals surface area contributed by atoms with Gasteiger partial charge in [0.1, 0.15) is 11.5 Å². The third-order valence-corrected chi connectivity index (χ3v) is 6.18. The highest BCUT2D eigenvalue weighted by Crippen LogP contribution is 2.40. The van der Waals surface area contributed by atoms with Crippen LogP contribution >= 0.6 is 0 Å². The topological polar surface area (TPSA) is 83.9 Å². The number of likely N-dealkylation sites (tertiary alicyclic amines) is 1. The average Bonchev–Trinajstić information content (AvgIpc) is 3.39. The fourth-order valence-electron chi connectivity index (χ4n) is 4.75. The predicted octanol–water partition coefficient (Wildman–Crippen LogP) is 3.98. The van der Waals surface area contributed by atoms with Gasteiger partial charge in [0.15, 0.2) is 5.69 Å². The number of rotatable bonds is 4. The van der Waals surface area contributed by atoms with Gasteiger partial charge in [-0.3, -0.25) is 14.8 Å². The van der Waals surface area contributed by atoms with Crippen LogP contribution in [0, 0.1) is 12.8 Å². The molecule has 3 aromatic heterocycles. The van der Waals surface area contributed by atoms with E-state index in [2.05, 4.69) is 25.3 Å². The number of carbonyl (C=O) groups is 1. The molecular formula is C23H21F3N6O. The van der Waals surface area contributed by atoms with Crippen LogP contribution in [-0.2, 0) is 6.18 Å². The molecule has 2 bridgehead atoms. The molecule has 0 unspecified atom stereocenters. The van der Waals surface area contributed by atoms with E-state index in [4.69, 9.17) is 0 Å². The van der Waals surface area contributed by atoms with E-state index in [1.54, 1.807) is 18.5 Å². The minimum atomic E-state index is -4.53. The molecule has 0 aromatic carbocycles. The molecule has 7 nitrogen and oxygen atoms in total. The molecule has 0 spiro atoms. The van der Waals surface area contributed by atoms with E-state index < -0.39 is 11.9 Å². The Morgan fingerprint density at radius 2 is 1.94 bits per heavy atom. The number of aryl methyl sites for hydroxylation is 1. The zero-order valence-electron chi connectivity index (χ0n) is 17.8. The molecule has 1 amide bonds. The molecular weight excluding hydrogens is 433 g/mol. The van der Waals surface area contributed by atoms with E-state index in [-0.39, 0.29) is 23.8 Å². The van der Waals surface area contributed by atoms with Gasteiger partial charge in [0, 0.05) is 25.0 Å². The summed E-state index contributed by atoms with van der Waals surface area (Å²) in [6.07, 6.45) is 2.29. The zero-order valence-corrected chi connectivity index (χ0v) is 17.8. The van der Waals surface area contributed by atoms with E-state index in [1.807, 2.05) is 30.0 Å². The summed E-state index contributed by atoms with van der Waals surface area (Å²) in [5.74, 6) is 0.457. The summed E-state index contributed by atoms with van der Waals surface area (Å²) < 4.78 is 38.3. The molecule has 0 radical (unpaired) electrons. The summed E-state index contributed by atoms with van der Waals surface area (Å²) in [6, 6.07) is 7.09. The molecule has 1 aliphatic heterocycles. The maximum Gasteiger partial charge on any atom is 0.434 e. The van der Waals surface area contributed by atoms with Crippen LogP contribution in [0.3, 0.4) is 0 Å². The summed E-state index contributed by atoms with van der Waals surface area (Å²) in [6.45, 7) is 2.52. The van der Waals surface area contributed by atoms with Crippen molar-refractivity contribution in [3.05, 3.63) is 65.9 Å². The second-order valence-electron chi connectivity index (χ2n) is 8.52. The number of aromatic nitrogens is 4. The minimum Gasteiger partial charge on any atom is -0.364 e. The maximum atomic E-state index is 13.6. The van der Waals surface area contributed by atoms with Crippen LogP contribution in [0.25, 0.3) is 11.4 Å². The van der Waals surface area contributed by atoms with Gasteiger partial charge in [-0.15, -0.1) is 0 Å². The van der Waals surface area contributed by atoms with Crippen molar-refractivity contribution in [2.75, 3.05) is 11.9 Å². The molecule has 1 saturated carbocycles. The van der Waals surface area contributed by atoms with Crippen molar-refractivity contribution in [2.45, 2.75) is 38.0 Å². The SMILES string of the molecule is Cc1cnc(-c2ccccn2)c(C(=O)N2C[C@H]3C[C@@H](Nc4cnc(C(F)(F)F)cn4)[C@@H]2C3)c1. The van der Waals surface area contributed by atoms with Gasteiger partial charge < -0.3 is 10.2 Å². The van der Waals surface area contributed by atoms with Gasteiger partial charge in [0.25, 0.3) is 5.91 Å². The van der Waals surface area contributed by atoms with Gasteiger partial charge in [0.2, 0.25) is 0 Å². The molecule has 3 atom stereocenters. The number of carbonyl (C=O) groups excluding carboxylic acids is 1. The first-order chi connectivity index (χ1) is 15.8. The lowest BCUT2D eigenvalue weighted by Crippen LogP contribution is -2.48. The monoisotopic (exact) mass is 454 g/mol. The molecule has 2 aliphatic rings. The minimum absolute atomic E-state index is 0.0938. The Balaban J connectivity index is 1.37. The summed E-state index contributed by atoms with van der Waals surface area (Å²) in [5, 5.41) is 3.18. The Morgan fingerprint density at radius 3 is 2.61 bits per heavy atom. The Hall–Kier alpha value is -3.56. The highest BCUT2D eigenvalue weighted by molar-refractivity contribution is 6.00. The molecule has 2 fully saturated rings. The fourth-order valence-corrected chi connectivity index (χ4v) is 4.75. The van der Waals surface area contributed by atoms with Crippen molar-refractivity contribution in [2.24, 2.45) is 5.92 Å². The van der Waals surface area contributed by atoms with Gasteiger partial charge in [-0.05, 0) is 49.4 Å². The van der Waals surface area contributed by atoms with Crippen LogP contribution in [-0.4, -0.2) is 49.4 Å². The number of pyridine rings is 2. The van der Waals surface area contributed by atoms with Crippen LogP contribution in [0.2, 0.25) is 0 Å². The summed E-state index contributed by atoms with van der Waals surface area (Å²) in [4.78, 5) is 31.6. The van der Waals surface area contributed by atoms with Crippen molar-refractivity contribution >= 4 is 11.7 Å². The highest BCUT2D eigenvalue weighted by atomic mass is 19.4. The number of nitrogens with zero attached hydrogens (tertiary/aromatic N) is 5. The third kappa shape index (κ3) is 4.12. The normalized spacial score (nSPS) is 21.9. The Morgan fingerprint density at radius 1 is 1.09 bits per heavy atom. The van der Waals surface area contributed by atoms with Crippen molar-refractivity contribution in [3.8, 4) is 11.4 Å².